The molecule has 0 bridgehead atoms. The fraction of sp³-hybridized carbons (Fsp3) is 0.538. The molecule has 0 saturated carbocycles. The highest BCUT2D eigenvalue weighted by atomic mass is 32.2. The van der Waals surface area contributed by atoms with Gasteiger partial charge in [0.2, 0.25) is 0 Å². The van der Waals surface area contributed by atoms with Crippen LogP contribution in [-0.4, -0.2) is 59.0 Å². The SMILES string of the molecule is CN1CCOC(CNc2ccccc2S(C)(=O)=O)C1. The minimum absolute atomic E-state index is 0.0892. The largest absolute Gasteiger partial charge is 0.381 e. The van der Waals surface area contributed by atoms with E-state index in [9.17, 15) is 8.42 Å². The lowest BCUT2D eigenvalue weighted by molar-refractivity contribution is -0.0117. The molecule has 1 aliphatic rings. The molecule has 5 nitrogen and oxygen atoms in total. The minimum Gasteiger partial charge on any atom is -0.381 e. The lowest BCUT2D eigenvalue weighted by Gasteiger charge is -2.30. The lowest BCUT2D eigenvalue weighted by atomic mass is 10.2. The molecule has 106 valence electrons. The summed E-state index contributed by atoms with van der Waals surface area (Å²) in [5, 5.41) is 3.18. The van der Waals surface area contributed by atoms with Gasteiger partial charge in [0.25, 0.3) is 0 Å². The summed E-state index contributed by atoms with van der Waals surface area (Å²) < 4.78 is 29.0. The number of hydrogen-bond acceptors (Lipinski definition) is 5. The zero-order valence-corrected chi connectivity index (χ0v) is 12.1. The van der Waals surface area contributed by atoms with E-state index in [0.717, 1.165) is 19.7 Å². The molecule has 0 amide bonds. The Morgan fingerprint density at radius 3 is 2.84 bits per heavy atom. The molecule has 1 aliphatic heterocycles. The van der Waals surface area contributed by atoms with Crippen molar-refractivity contribution in [2.24, 2.45) is 0 Å². The van der Waals surface area contributed by atoms with Gasteiger partial charge in [-0.15, -0.1) is 0 Å². The Kier molecular flexibility index (Phi) is 4.44. The summed E-state index contributed by atoms with van der Waals surface area (Å²) in [5.74, 6) is 0. The summed E-state index contributed by atoms with van der Waals surface area (Å²) in [6.07, 6.45) is 1.31. The molecule has 6 heteroatoms. The summed E-state index contributed by atoms with van der Waals surface area (Å²) in [5.41, 5.74) is 0.641. The molecular formula is C13H20N2O3S. The maximum atomic E-state index is 11.7. The standard InChI is InChI=1S/C13H20N2O3S/c1-15-7-8-18-11(10-15)9-14-12-5-3-4-6-13(12)19(2,16)17/h3-6,11,14H,7-10H2,1-2H3. The van der Waals surface area contributed by atoms with Crippen LogP contribution in [0.25, 0.3) is 0 Å². The summed E-state index contributed by atoms with van der Waals surface area (Å²) in [6, 6.07) is 6.95. The summed E-state index contributed by atoms with van der Waals surface area (Å²) >= 11 is 0. The van der Waals surface area contributed by atoms with E-state index < -0.39 is 9.84 Å². The van der Waals surface area contributed by atoms with Crippen LogP contribution >= 0.6 is 0 Å². The molecule has 1 heterocycles. The number of nitrogens with one attached hydrogen (secondary N) is 1. The second-order valence-electron chi connectivity index (χ2n) is 4.90. The first kappa shape index (κ1) is 14.3. The van der Waals surface area contributed by atoms with E-state index in [2.05, 4.69) is 17.3 Å². The number of rotatable bonds is 4. The molecule has 1 aromatic carbocycles. The fourth-order valence-corrected chi connectivity index (χ4v) is 3.02. The van der Waals surface area contributed by atoms with Crippen molar-refractivity contribution in [1.82, 2.24) is 4.90 Å². The van der Waals surface area contributed by atoms with E-state index in [1.165, 1.54) is 6.26 Å². The maximum absolute atomic E-state index is 11.7. The molecular weight excluding hydrogens is 264 g/mol. The van der Waals surface area contributed by atoms with Gasteiger partial charge in [0, 0.05) is 25.9 Å². The monoisotopic (exact) mass is 284 g/mol. The third-order valence-electron chi connectivity index (χ3n) is 3.15. The van der Waals surface area contributed by atoms with E-state index in [-0.39, 0.29) is 6.10 Å². The molecule has 0 spiro atoms. The van der Waals surface area contributed by atoms with Gasteiger partial charge in [-0.05, 0) is 19.2 Å². The number of ether oxygens (including phenoxy) is 1. The summed E-state index contributed by atoms with van der Waals surface area (Å²) in [4.78, 5) is 2.54. The van der Waals surface area contributed by atoms with Gasteiger partial charge >= 0.3 is 0 Å². The quantitative estimate of drug-likeness (QED) is 0.887. The number of para-hydroxylation sites is 1. The Morgan fingerprint density at radius 2 is 2.16 bits per heavy atom. The second-order valence-corrected chi connectivity index (χ2v) is 6.89. The molecule has 1 N–H and O–H groups in total. The molecule has 2 rings (SSSR count). The van der Waals surface area contributed by atoms with Gasteiger partial charge in [0.15, 0.2) is 9.84 Å². The topological polar surface area (TPSA) is 58.6 Å². The summed E-state index contributed by atoms with van der Waals surface area (Å²) in [7, 11) is -1.16. The number of likely N-dealkylation sites (N-methyl/N-ethyl adjacent to an activating group) is 1. The predicted molar refractivity (Wildman–Crippen MR) is 75.3 cm³/mol. The highest BCUT2D eigenvalue weighted by molar-refractivity contribution is 7.90. The average Bonchev–Trinajstić information content (AvgIpc) is 2.36. The highest BCUT2D eigenvalue weighted by Gasteiger charge is 2.18. The van der Waals surface area contributed by atoms with Crippen LogP contribution < -0.4 is 5.32 Å². The Labute approximate surface area is 114 Å². The van der Waals surface area contributed by atoms with Crippen LogP contribution in [0.4, 0.5) is 5.69 Å². The van der Waals surface area contributed by atoms with E-state index in [1.807, 2.05) is 6.07 Å². The lowest BCUT2D eigenvalue weighted by Crippen LogP contribution is -2.43. The molecule has 0 aliphatic carbocycles. The van der Waals surface area contributed by atoms with Crippen LogP contribution in [-0.2, 0) is 14.6 Å². The van der Waals surface area contributed by atoms with Gasteiger partial charge in [-0.2, -0.15) is 0 Å². The Hall–Kier alpha value is -1.11. The van der Waals surface area contributed by atoms with Crippen molar-refractivity contribution in [3.05, 3.63) is 24.3 Å². The molecule has 1 unspecified atom stereocenters. The molecule has 19 heavy (non-hydrogen) atoms. The van der Waals surface area contributed by atoms with Crippen molar-refractivity contribution < 1.29 is 13.2 Å². The number of morpholine rings is 1. The van der Waals surface area contributed by atoms with Gasteiger partial charge in [-0.1, -0.05) is 12.1 Å². The average molecular weight is 284 g/mol. The molecule has 1 atom stereocenters. The van der Waals surface area contributed by atoms with E-state index in [0.29, 0.717) is 17.1 Å². The van der Waals surface area contributed by atoms with Crippen molar-refractivity contribution in [1.29, 1.82) is 0 Å². The minimum atomic E-state index is -3.21. The Balaban J connectivity index is 2.04. The van der Waals surface area contributed by atoms with Gasteiger partial charge in [0.1, 0.15) is 0 Å². The summed E-state index contributed by atoms with van der Waals surface area (Å²) in [6.45, 7) is 3.12. The first-order valence-corrected chi connectivity index (χ1v) is 8.19. The first-order chi connectivity index (χ1) is 8.97. The number of nitrogens with zero attached hydrogens (tertiary/aromatic N) is 1. The molecule has 1 aromatic rings. The van der Waals surface area contributed by atoms with Crippen LogP contribution in [0.15, 0.2) is 29.2 Å². The van der Waals surface area contributed by atoms with Crippen molar-refractivity contribution in [2.75, 3.05) is 44.9 Å². The fourth-order valence-electron chi connectivity index (χ4n) is 2.15. The zero-order valence-electron chi connectivity index (χ0n) is 11.3. The van der Waals surface area contributed by atoms with Gasteiger partial charge < -0.3 is 15.0 Å². The molecule has 1 fully saturated rings. The van der Waals surface area contributed by atoms with Crippen LogP contribution in [0.1, 0.15) is 0 Å². The molecule has 0 aromatic heterocycles. The predicted octanol–water partition coefficient (Wildman–Crippen LogP) is 0.833. The number of hydrogen-bond donors (Lipinski definition) is 1. The van der Waals surface area contributed by atoms with E-state index in [1.54, 1.807) is 18.2 Å². The van der Waals surface area contributed by atoms with Crippen molar-refractivity contribution in [3.63, 3.8) is 0 Å². The van der Waals surface area contributed by atoms with Crippen molar-refractivity contribution >= 4 is 15.5 Å². The molecule has 0 radical (unpaired) electrons. The third-order valence-corrected chi connectivity index (χ3v) is 4.30. The molecule has 1 saturated heterocycles. The third kappa shape index (κ3) is 3.92. The van der Waals surface area contributed by atoms with E-state index >= 15 is 0 Å². The van der Waals surface area contributed by atoms with Crippen LogP contribution in [0.2, 0.25) is 0 Å². The van der Waals surface area contributed by atoms with E-state index in [4.69, 9.17) is 4.74 Å². The number of benzene rings is 1. The van der Waals surface area contributed by atoms with Gasteiger partial charge in [-0.3, -0.25) is 0 Å². The van der Waals surface area contributed by atoms with Gasteiger partial charge in [-0.25, -0.2) is 8.42 Å². The normalized spacial score (nSPS) is 21.3. The Morgan fingerprint density at radius 1 is 1.42 bits per heavy atom. The number of sulfone groups is 1. The van der Waals surface area contributed by atoms with Crippen LogP contribution in [0.5, 0.6) is 0 Å². The number of anilines is 1. The van der Waals surface area contributed by atoms with Crippen LogP contribution in [0.3, 0.4) is 0 Å². The van der Waals surface area contributed by atoms with Gasteiger partial charge in [0.05, 0.1) is 23.3 Å². The van der Waals surface area contributed by atoms with Crippen molar-refractivity contribution in [3.8, 4) is 0 Å². The zero-order chi connectivity index (χ0) is 13.9. The van der Waals surface area contributed by atoms with Crippen molar-refractivity contribution in [2.45, 2.75) is 11.0 Å². The Bertz CT molecular complexity index is 530. The maximum Gasteiger partial charge on any atom is 0.177 e. The van der Waals surface area contributed by atoms with Crippen LogP contribution in [0, 0.1) is 0 Å². The highest BCUT2D eigenvalue weighted by Crippen LogP contribution is 2.20. The first-order valence-electron chi connectivity index (χ1n) is 6.30. The second kappa shape index (κ2) is 5.90. The smallest absolute Gasteiger partial charge is 0.177 e.